The van der Waals surface area contributed by atoms with Crippen molar-refractivity contribution in [2.75, 3.05) is 0 Å². The van der Waals surface area contributed by atoms with Crippen molar-refractivity contribution in [3.05, 3.63) is 0 Å². The topological polar surface area (TPSA) is 80.5 Å². The van der Waals surface area contributed by atoms with E-state index in [1.54, 1.807) is 6.21 Å². The van der Waals surface area contributed by atoms with Gasteiger partial charge in [0.25, 0.3) is 0 Å². The molecule has 7 heteroatoms. The van der Waals surface area contributed by atoms with E-state index in [1.165, 1.54) is 0 Å². The van der Waals surface area contributed by atoms with Crippen LogP contribution in [0.5, 0.6) is 0 Å². The Morgan fingerprint density at radius 3 is 2.34 bits per heavy atom. The van der Waals surface area contributed by atoms with Gasteiger partial charge in [0.1, 0.15) is 0 Å². The zero-order valence-corrected chi connectivity index (χ0v) is 24.2. The smallest absolute Gasteiger partial charge is 0.192 e. The molecule has 0 amide bonds. The highest BCUT2D eigenvalue weighted by Crippen LogP contribution is 2.68. The highest BCUT2D eigenvalue weighted by atomic mass is 28.4. The Morgan fingerprint density at radius 1 is 1.00 bits per heavy atom. The molecule has 1 heterocycles. The SMILES string of the molecule is CC1(C)O[C@@H]2C3C([C@@H](O)C[C@@]4(C)C3CC[C@@H]4O[Si](C)(C)C(C)(C)C)[C@@]3(/C=N/O)CCCCC3[C@H]2O1. The van der Waals surface area contributed by atoms with E-state index >= 15 is 0 Å². The molecule has 0 aromatic carbocycles. The maximum absolute atomic E-state index is 12.0. The number of aliphatic hydroxyl groups is 1. The number of ether oxygens (including phenoxy) is 2. The summed E-state index contributed by atoms with van der Waals surface area (Å²) in [5, 5.41) is 25.6. The molecule has 1 saturated heterocycles. The van der Waals surface area contributed by atoms with E-state index in [9.17, 15) is 10.3 Å². The molecule has 0 aromatic rings. The van der Waals surface area contributed by atoms with Gasteiger partial charge in [-0.1, -0.05) is 40.5 Å². The normalized spacial score (nSPS) is 49.4. The van der Waals surface area contributed by atoms with Crippen LogP contribution >= 0.6 is 0 Å². The first kappa shape index (κ1) is 26.1. The van der Waals surface area contributed by atoms with Crippen molar-refractivity contribution < 1.29 is 24.2 Å². The van der Waals surface area contributed by atoms with E-state index in [4.69, 9.17) is 13.9 Å². The number of hydrogen-bond acceptors (Lipinski definition) is 6. The van der Waals surface area contributed by atoms with Crippen molar-refractivity contribution in [1.29, 1.82) is 0 Å². The second-order valence-corrected chi connectivity index (χ2v) is 19.5. The zero-order chi connectivity index (χ0) is 25.6. The Balaban J connectivity index is 1.57. The molecule has 200 valence electrons. The molecule has 35 heavy (non-hydrogen) atoms. The molecule has 5 fully saturated rings. The number of fused-ring (bicyclic) bond motifs is 8. The summed E-state index contributed by atoms with van der Waals surface area (Å²) in [5.74, 6) is 0.142. The molecule has 0 bridgehead atoms. The number of aliphatic hydroxyl groups excluding tert-OH is 1. The van der Waals surface area contributed by atoms with Crippen LogP contribution in [0.25, 0.3) is 0 Å². The van der Waals surface area contributed by atoms with E-state index < -0.39 is 20.2 Å². The van der Waals surface area contributed by atoms with Crippen LogP contribution in [0, 0.1) is 34.5 Å². The maximum atomic E-state index is 12.0. The van der Waals surface area contributed by atoms with Crippen molar-refractivity contribution in [3.8, 4) is 0 Å². The molecule has 4 aliphatic carbocycles. The Labute approximate surface area is 213 Å². The molecule has 0 aromatic heterocycles. The average Bonchev–Trinajstić information content (AvgIpc) is 3.22. The number of hydrogen-bond donors (Lipinski definition) is 2. The summed E-state index contributed by atoms with van der Waals surface area (Å²) < 4.78 is 20.4. The van der Waals surface area contributed by atoms with Gasteiger partial charge < -0.3 is 24.2 Å². The lowest BCUT2D eigenvalue weighted by Gasteiger charge is -2.63. The minimum absolute atomic E-state index is 0.0205. The van der Waals surface area contributed by atoms with Crippen molar-refractivity contribution in [2.45, 2.75) is 135 Å². The fourth-order valence-corrected chi connectivity index (χ4v) is 10.5. The number of nitrogens with zero attached hydrogens (tertiary/aromatic N) is 1. The van der Waals surface area contributed by atoms with Crippen molar-refractivity contribution >= 4 is 14.5 Å². The van der Waals surface area contributed by atoms with Crippen LogP contribution in [-0.4, -0.2) is 55.0 Å². The summed E-state index contributed by atoms with van der Waals surface area (Å²) >= 11 is 0. The molecule has 4 saturated carbocycles. The summed E-state index contributed by atoms with van der Waals surface area (Å²) in [6.45, 7) is 18.0. The van der Waals surface area contributed by atoms with Crippen LogP contribution in [0.1, 0.15) is 86.5 Å². The predicted molar refractivity (Wildman–Crippen MR) is 139 cm³/mol. The molecule has 1 aliphatic heterocycles. The molecule has 5 aliphatic rings. The number of rotatable bonds is 3. The van der Waals surface area contributed by atoms with Gasteiger partial charge in [-0.25, -0.2) is 0 Å². The summed E-state index contributed by atoms with van der Waals surface area (Å²) in [6, 6.07) is 0. The van der Waals surface area contributed by atoms with Gasteiger partial charge in [-0.05, 0) is 87.3 Å². The van der Waals surface area contributed by atoms with Gasteiger partial charge in [0.15, 0.2) is 14.1 Å². The van der Waals surface area contributed by atoms with Gasteiger partial charge in [-0.15, -0.1) is 5.16 Å². The van der Waals surface area contributed by atoms with Crippen LogP contribution < -0.4 is 0 Å². The van der Waals surface area contributed by atoms with E-state index in [0.29, 0.717) is 5.92 Å². The van der Waals surface area contributed by atoms with Crippen LogP contribution in [0.3, 0.4) is 0 Å². The Hall–Kier alpha value is -0.473. The van der Waals surface area contributed by atoms with Crippen LogP contribution in [-0.2, 0) is 13.9 Å². The third kappa shape index (κ3) is 3.81. The van der Waals surface area contributed by atoms with Crippen molar-refractivity contribution in [2.24, 2.45) is 39.7 Å². The molecule has 10 atom stereocenters. The summed E-state index contributed by atoms with van der Waals surface area (Å²) in [7, 11) is -1.96. The highest BCUT2D eigenvalue weighted by molar-refractivity contribution is 6.74. The van der Waals surface area contributed by atoms with Gasteiger partial charge in [0.2, 0.25) is 0 Å². The summed E-state index contributed by atoms with van der Waals surface area (Å²) in [6.07, 6.45) is 8.50. The Kier molecular flexibility index (Phi) is 6.17. The molecular formula is C28H49NO5Si. The molecule has 4 unspecified atom stereocenters. The van der Waals surface area contributed by atoms with Crippen molar-refractivity contribution in [3.63, 3.8) is 0 Å². The minimum Gasteiger partial charge on any atom is -0.413 e. The monoisotopic (exact) mass is 507 g/mol. The Bertz CT molecular complexity index is 855. The first-order chi connectivity index (χ1) is 16.2. The van der Waals surface area contributed by atoms with Gasteiger partial charge in [0.05, 0.1) is 30.6 Å². The average molecular weight is 508 g/mol. The van der Waals surface area contributed by atoms with Crippen LogP contribution in [0.15, 0.2) is 5.16 Å². The van der Waals surface area contributed by atoms with Crippen molar-refractivity contribution in [1.82, 2.24) is 0 Å². The van der Waals surface area contributed by atoms with Gasteiger partial charge in [-0.3, -0.25) is 0 Å². The second-order valence-electron chi connectivity index (χ2n) is 14.7. The fraction of sp³-hybridized carbons (Fsp3) is 0.964. The van der Waals surface area contributed by atoms with Gasteiger partial charge in [0, 0.05) is 11.3 Å². The standard InChI is InChI=1S/C28H49NO5Si/c1-25(2,3)35(7,8)34-20-13-12-17-21-22(19(30)15-27(17,20)6)28(16-29-31)14-10-9-11-18(28)23-24(21)33-26(4,5)32-23/h16-24,30-31H,9-15H2,1-8H3/b29-16+/t17?,18?,19-,20-,21?,22?,23+,24+,27-,28+/m0/s1. The van der Waals surface area contributed by atoms with E-state index in [0.717, 1.165) is 44.9 Å². The van der Waals surface area contributed by atoms with Crippen LogP contribution in [0.4, 0.5) is 0 Å². The maximum Gasteiger partial charge on any atom is 0.192 e. The molecule has 0 radical (unpaired) electrons. The lowest BCUT2D eigenvalue weighted by atomic mass is 9.43. The van der Waals surface area contributed by atoms with E-state index in [2.05, 4.69) is 45.9 Å². The Morgan fingerprint density at radius 2 is 1.69 bits per heavy atom. The largest absolute Gasteiger partial charge is 0.413 e. The summed E-state index contributed by atoms with van der Waals surface area (Å²) in [5.41, 5.74) is -0.447. The van der Waals surface area contributed by atoms with Crippen LogP contribution in [0.2, 0.25) is 18.1 Å². The van der Waals surface area contributed by atoms with E-state index in [1.807, 2.05) is 13.8 Å². The first-order valence-electron chi connectivity index (χ1n) is 14.1. The molecule has 5 rings (SSSR count). The lowest BCUT2D eigenvalue weighted by molar-refractivity contribution is -0.204. The summed E-state index contributed by atoms with van der Waals surface area (Å²) in [4.78, 5) is 0. The third-order valence-corrected chi connectivity index (χ3v) is 15.9. The predicted octanol–water partition coefficient (Wildman–Crippen LogP) is 5.96. The number of oxime groups is 1. The quantitative estimate of drug-likeness (QED) is 0.213. The molecule has 0 spiro atoms. The molecule has 6 nitrogen and oxygen atoms in total. The lowest BCUT2D eigenvalue weighted by Crippen LogP contribution is -2.68. The first-order valence-corrected chi connectivity index (χ1v) is 17.0. The minimum atomic E-state index is -1.96. The van der Waals surface area contributed by atoms with Gasteiger partial charge in [-0.2, -0.15) is 0 Å². The third-order valence-electron chi connectivity index (χ3n) is 11.4. The zero-order valence-electron chi connectivity index (χ0n) is 23.2. The molecule has 2 N–H and O–H groups in total. The fourth-order valence-electron chi connectivity index (χ4n) is 9.02. The highest BCUT2D eigenvalue weighted by Gasteiger charge is 2.71. The van der Waals surface area contributed by atoms with E-state index in [-0.39, 0.29) is 51.9 Å². The molecular weight excluding hydrogens is 458 g/mol. The second kappa shape index (κ2) is 8.26. The van der Waals surface area contributed by atoms with Gasteiger partial charge >= 0.3 is 0 Å².